The molecule has 1 aromatic rings. The molecule has 0 spiro atoms. The first kappa shape index (κ1) is 12.5. The molecular formula is C12H14N2O4. The van der Waals surface area contributed by atoms with Crippen LogP contribution in [0.4, 0.5) is 5.69 Å². The Morgan fingerprint density at radius 1 is 1.50 bits per heavy atom. The number of hydrogen-bond acceptors (Lipinski definition) is 4. The van der Waals surface area contributed by atoms with Gasteiger partial charge in [0.25, 0.3) is 5.69 Å². The van der Waals surface area contributed by atoms with Gasteiger partial charge < -0.3 is 5.11 Å². The molecule has 18 heavy (non-hydrogen) atoms. The number of nitrogens with one attached hydrogen (secondary N) is 1. The van der Waals surface area contributed by atoms with Crippen LogP contribution in [0, 0.1) is 10.1 Å². The van der Waals surface area contributed by atoms with E-state index in [4.69, 9.17) is 5.11 Å². The molecule has 1 fully saturated rings. The smallest absolute Gasteiger partial charge is 0.323 e. The molecule has 0 atom stereocenters. The maximum Gasteiger partial charge on any atom is 0.323 e. The third-order valence-electron chi connectivity index (χ3n) is 3.37. The molecule has 0 heterocycles. The first-order valence-electron chi connectivity index (χ1n) is 5.75. The summed E-state index contributed by atoms with van der Waals surface area (Å²) in [6, 6.07) is 6.22. The van der Waals surface area contributed by atoms with Gasteiger partial charge in [-0.1, -0.05) is 12.1 Å². The summed E-state index contributed by atoms with van der Waals surface area (Å²) in [5.74, 6) is -0.848. The Labute approximate surface area is 104 Å². The average Bonchev–Trinajstić information content (AvgIpc) is 2.27. The van der Waals surface area contributed by atoms with Gasteiger partial charge in [-0.15, -0.1) is 0 Å². The molecule has 6 heteroatoms. The Hall–Kier alpha value is -1.95. The molecule has 0 bridgehead atoms. The molecule has 0 aromatic heterocycles. The van der Waals surface area contributed by atoms with Gasteiger partial charge in [-0.3, -0.25) is 20.2 Å². The van der Waals surface area contributed by atoms with E-state index in [-0.39, 0.29) is 5.69 Å². The summed E-state index contributed by atoms with van der Waals surface area (Å²) in [5.41, 5.74) is -0.103. The van der Waals surface area contributed by atoms with Gasteiger partial charge in [-0.2, -0.15) is 0 Å². The summed E-state index contributed by atoms with van der Waals surface area (Å²) >= 11 is 0. The standard InChI is InChI=1S/C12H14N2O4/c15-11(16)12(5-2-6-12)13-8-9-3-1-4-10(7-9)14(17)18/h1,3-4,7,13H,2,5-6,8H2,(H,15,16). The van der Waals surface area contributed by atoms with Gasteiger partial charge in [-0.25, -0.2) is 0 Å². The minimum absolute atomic E-state index is 0.0206. The van der Waals surface area contributed by atoms with Crippen LogP contribution in [0.1, 0.15) is 24.8 Å². The first-order chi connectivity index (χ1) is 8.53. The minimum Gasteiger partial charge on any atom is -0.480 e. The van der Waals surface area contributed by atoms with E-state index in [0.717, 1.165) is 12.0 Å². The van der Waals surface area contributed by atoms with Crippen molar-refractivity contribution in [3.63, 3.8) is 0 Å². The highest BCUT2D eigenvalue weighted by Gasteiger charge is 2.43. The lowest BCUT2D eigenvalue weighted by Gasteiger charge is -2.38. The summed E-state index contributed by atoms with van der Waals surface area (Å²) in [6.07, 6.45) is 2.11. The number of nitro groups is 1. The van der Waals surface area contributed by atoms with E-state index in [2.05, 4.69) is 5.32 Å². The Morgan fingerprint density at radius 2 is 2.22 bits per heavy atom. The van der Waals surface area contributed by atoms with E-state index in [1.165, 1.54) is 12.1 Å². The van der Waals surface area contributed by atoms with E-state index >= 15 is 0 Å². The number of nitrogens with zero attached hydrogens (tertiary/aromatic N) is 1. The topological polar surface area (TPSA) is 92.5 Å². The van der Waals surface area contributed by atoms with Crippen molar-refractivity contribution in [2.24, 2.45) is 0 Å². The fourth-order valence-electron chi connectivity index (χ4n) is 2.05. The highest BCUT2D eigenvalue weighted by Crippen LogP contribution is 2.32. The van der Waals surface area contributed by atoms with Crippen molar-refractivity contribution < 1.29 is 14.8 Å². The molecule has 1 aliphatic carbocycles. The zero-order valence-electron chi connectivity index (χ0n) is 9.76. The second-order valence-corrected chi connectivity index (χ2v) is 4.52. The Balaban J connectivity index is 2.04. The average molecular weight is 250 g/mol. The van der Waals surface area contributed by atoms with Crippen molar-refractivity contribution >= 4 is 11.7 Å². The van der Waals surface area contributed by atoms with Gasteiger partial charge in [0.15, 0.2) is 0 Å². The lowest BCUT2D eigenvalue weighted by atomic mass is 9.76. The number of nitro benzene ring substituents is 1. The van der Waals surface area contributed by atoms with E-state index in [1.807, 2.05) is 0 Å². The molecule has 2 rings (SSSR count). The van der Waals surface area contributed by atoms with Crippen molar-refractivity contribution in [1.82, 2.24) is 5.32 Å². The number of non-ortho nitro benzene ring substituents is 1. The normalized spacial score (nSPS) is 16.9. The van der Waals surface area contributed by atoms with Gasteiger partial charge in [-0.05, 0) is 24.8 Å². The molecule has 1 aromatic carbocycles. The maximum absolute atomic E-state index is 11.1. The van der Waals surface area contributed by atoms with Gasteiger partial charge in [0.2, 0.25) is 0 Å². The fourth-order valence-corrected chi connectivity index (χ4v) is 2.05. The third-order valence-corrected chi connectivity index (χ3v) is 3.37. The molecule has 0 radical (unpaired) electrons. The quantitative estimate of drug-likeness (QED) is 0.612. The highest BCUT2D eigenvalue weighted by molar-refractivity contribution is 5.79. The predicted octanol–water partition coefficient (Wildman–Crippen LogP) is 1.69. The zero-order valence-corrected chi connectivity index (χ0v) is 9.76. The molecule has 0 saturated heterocycles. The molecule has 0 aliphatic heterocycles. The summed E-state index contributed by atoms with van der Waals surface area (Å²) in [7, 11) is 0. The number of hydrogen-bond donors (Lipinski definition) is 2. The number of carboxylic acids is 1. The molecule has 1 aliphatic rings. The van der Waals surface area contributed by atoms with E-state index < -0.39 is 16.4 Å². The van der Waals surface area contributed by atoms with Crippen LogP contribution in [0.3, 0.4) is 0 Å². The van der Waals surface area contributed by atoms with Crippen molar-refractivity contribution in [2.75, 3.05) is 0 Å². The third kappa shape index (κ3) is 2.33. The molecule has 1 saturated carbocycles. The predicted molar refractivity (Wildman–Crippen MR) is 64.2 cm³/mol. The van der Waals surface area contributed by atoms with Crippen molar-refractivity contribution in [3.8, 4) is 0 Å². The number of benzene rings is 1. The largest absolute Gasteiger partial charge is 0.480 e. The summed E-state index contributed by atoms with van der Waals surface area (Å²) in [5, 5.41) is 22.7. The molecule has 0 amide bonds. The van der Waals surface area contributed by atoms with Gasteiger partial charge >= 0.3 is 5.97 Å². The highest BCUT2D eigenvalue weighted by atomic mass is 16.6. The molecular weight excluding hydrogens is 236 g/mol. The van der Waals surface area contributed by atoms with Crippen molar-refractivity contribution in [2.45, 2.75) is 31.3 Å². The maximum atomic E-state index is 11.1. The summed E-state index contributed by atoms with van der Waals surface area (Å²) in [6.45, 7) is 0.327. The van der Waals surface area contributed by atoms with Crippen LogP contribution in [0.15, 0.2) is 24.3 Å². The molecule has 6 nitrogen and oxygen atoms in total. The first-order valence-corrected chi connectivity index (χ1v) is 5.75. The zero-order chi connectivity index (χ0) is 13.2. The van der Waals surface area contributed by atoms with Crippen molar-refractivity contribution in [3.05, 3.63) is 39.9 Å². The number of rotatable bonds is 5. The lowest BCUT2D eigenvalue weighted by Crippen LogP contribution is -2.56. The SMILES string of the molecule is O=C(O)C1(NCc2cccc([N+](=O)[O-])c2)CCC1. The van der Waals surface area contributed by atoms with Crippen LogP contribution in [0.5, 0.6) is 0 Å². The van der Waals surface area contributed by atoms with Crippen LogP contribution >= 0.6 is 0 Å². The second-order valence-electron chi connectivity index (χ2n) is 4.52. The van der Waals surface area contributed by atoms with E-state index in [0.29, 0.717) is 19.4 Å². The Bertz CT molecular complexity index is 483. The van der Waals surface area contributed by atoms with Crippen LogP contribution in [-0.4, -0.2) is 21.5 Å². The van der Waals surface area contributed by atoms with E-state index in [9.17, 15) is 14.9 Å². The van der Waals surface area contributed by atoms with Gasteiger partial charge in [0.1, 0.15) is 5.54 Å². The second kappa shape index (κ2) is 4.73. The minimum atomic E-state index is -0.848. The van der Waals surface area contributed by atoms with Crippen LogP contribution in [0.25, 0.3) is 0 Å². The molecule has 2 N–H and O–H groups in total. The van der Waals surface area contributed by atoms with Crippen molar-refractivity contribution in [1.29, 1.82) is 0 Å². The monoisotopic (exact) mass is 250 g/mol. The number of carboxylic acid groups (broad SMARTS) is 1. The lowest BCUT2D eigenvalue weighted by molar-refractivity contribution is -0.384. The van der Waals surface area contributed by atoms with Gasteiger partial charge in [0, 0.05) is 18.7 Å². The van der Waals surface area contributed by atoms with Gasteiger partial charge in [0.05, 0.1) is 4.92 Å². The molecule has 0 unspecified atom stereocenters. The Morgan fingerprint density at radius 3 is 2.72 bits per heavy atom. The summed E-state index contributed by atoms with van der Waals surface area (Å²) < 4.78 is 0. The van der Waals surface area contributed by atoms with Crippen LogP contribution in [0.2, 0.25) is 0 Å². The summed E-state index contributed by atoms with van der Waals surface area (Å²) in [4.78, 5) is 21.3. The molecule has 96 valence electrons. The van der Waals surface area contributed by atoms with E-state index in [1.54, 1.807) is 12.1 Å². The fraction of sp³-hybridized carbons (Fsp3) is 0.417. The number of aliphatic carboxylic acids is 1. The van der Waals surface area contributed by atoms with Crippen LogP contribution in [-0.2, 0) is 11.3 Å². The van der Waals surface area contributed by atoms with Crippen LogP contribution < -0.4 is 5.32 Å². The number of carbonyl (C=O) groups is 1. The Kier molecular flexibility index (Phi) is 3.29.